The van der Waals surface area contributed by atoms with Gasteiger partial charge in [0.1, 0.15) is 11.8 Å². The van der Waals surface area contributed by atoms with Gasteiger partial charge in [-0.3, -0.25) is 9.59 Å². The first-order chi connectivity index (χ1) is 12.5. The molecule has 0 unspecified atom stereocenters. The van der Waals surface area contributed by atoms with E-state index in [4.69, 9.17) is 16.9 Å². The number of aromatic hydroxyl groups is 1. The zero-order valence-corrected chi connectivity index (χ0v) is 14.6. The Labute approximate surface area is 155 Å². The average Bonchev–Trinajstić information content (AvgIpc) is 2.67. The molecule has 1 aliphatic heterocycles. The van der Waals surface area contributed by atoms with Crippen LogP contribution in [0.5, 0.6) is 5.75 Å². The highest BCUT2D eigenvalue weighted by molar-refractivity contribution is 6.30. The minimum atomic E-state index is -0.236. The monoisotopic (exact) mass is 369 g/mol. The number of hydrogen-bond donors (Lipinski definition) is 1. The van der Waals surface area contributed by atoms with Gasteiger partial charge in [-0.05, 0) is 36.4 Å². The maximum Gasteiger partial charge on any atom is 0.254 e. The summed E-state index contributed by atoms with van der Waals surface area (Å²) in [6, 6.07) is 12.9. The van der Waals surface area contributed by atoms with Crippen LogP contribution in [0.1, 0.15) is 26.3 Å². The van der Waals surface area contributed by atoms with E-state index in [1.807, 2.05) is 6.07 Å². The fraction of sp³-hybridized carbons (Fsp3) is 0.211. The number of phenolic OH excluding ortho intramolecular Hbond substituents is 1. The van der Waals surface area contributed by atoms with Gasteiger partial charge in [-0.2, -0.15) is 5.26 Å². The number of amides is 2. The van der Waals surface area contributed by atoms with E-state index in [2.05, 4.69) is 0 Å². The van der Waals surface area contributed by atoms with Crippen molar-refractivity contribution in [1.82, 2.24) is 9.80 Å². The van der Waals surface area contributed by atoms with E-state index in [0.717, 1.165) is 0 Å². The van der Waals surface area contributed by atoms with Gasteiger partial charge in [0.25, 0.3) is 11.8 Å². The Balaban J connectivity index is 1.65. The summed E-state index contributed by atoms with van der Waals surface area (Å²) in [6.07, 6.45) is 0. The van der Waals surface area contributed by atoms with E-state index in [-0.39, 0.29) is 23.1 Å². The van der Waals surface area contributed by atoms with Gasteiger partial charge in [-0.1, -0.05) is 17.7 Å². The molecule has 0 atom stereocenters. The summed E-state index contributed by atoms with van der Waals surface area (Å²) in [7, 11) is 0. The quantitative estimate of drug-likeness (QED) is 0.881. The van der Waals surface area contributed by atoms with Crippen LogP contribution in [0.15, 0.2) is 42.5 Å². The Morgan fingerprint density at radius 1 is 0.962 bits per heavy atom. The highest BCUT2D eigenvalue weighted by Gasteiger charge is 2.26. The molecule has 1 aliphatic rings. The number of piperazine rings is 1. The minimum Gasteiger partial charge on any atom is -0.507 e. The van der Waals surface area contributed by atoms with Gasteiger partial charge in [-0.25, -0.2) is 0 Å². The Bertz CT molecular complexity index is 899. The highest BCUT2D eigenvalue weighted by atomic mass is 35.5. The lowest BCUT2D eigenvalue weighted by molar-refractivity contribution is 0.0535. The zero-order valence-electron chi connectivity index (χ0n) is 13.9. The molecule has 26 heavy (non-hydrogen) atoms. The number of halogens is 1. The van der Waals surface area contributed by atoms with Crippen LogP contribution in [0.25, 0.3) is 0 Å². The fourth-order valence-corrected chi connectivity index (χ4v) is 3.05. The van der Waals surface area contributed by atoms with Crippen molar-refractivity contribution in [1.29, 1.82) is 5.26 Å². The summed E-state index contributed by atoms with van der Waals surface area (Å²) in [6.45, 7) is 1.62. The molecule has 0 bridgehead atoms. The molecule has 0 spiro atoms. The molecule has 0 radical (unpaired) electrons. The Morgan fingerprint density at radius 2 is 1.54 bits per heavy atom. The Kier molecular flexibility index (Phi) is 5.10. The van der Waals surface area contributed by atoms with E-state index in [1.54, 1.807) is 34.1 Å². The topological polar surface area (TPSA) is 84.6 Å². The van der Waals surface area contributed by atoms with Crippen LogP contribution < -0.4 is 0 Å². The van der Waals surface area contributed by atoms with Crippen LogP contribution in [0.3, 0.4) is 0 Å². The first kappa shape index (κ1) is 17.8. The van der Waals surface area contributed by atoms with Crippen LogP contribution >= 0.6 is 11.6 Å². The molecule has 1 N–H and O–H groups in total. The second kappa shape index (κ2) is 7.46. The number of benzene rings is 2. The maximum absolute atomic E-state index is 12.6. The van der Waals surface area contributed by atoms with Gasteiger partial charge in [0.05, 0.1) is 5.56 Å². The molecule has 2 amide bonds. The van der Waals surface area contributed by atoms with E-state index >= 15 is 0 Å². The minimum absolute atomic E-state index is 0.115. The lowest BCUT2D eigenvalue weighted by atomic mass is 10.1. The van der Waals surface area contributed by atoms with Gasteiger partial charge in [-0.15, -0.1) is 0 Å². The van der Waals surface area contributed by atoms with E-state index in [9.17, 15) is 14.7 Å². The predicted molar refractivity (Wildman–Crippen MR) is 96.1 cm³/mol. The van der Waals surface area contributed by atoms with Crippen LogP contribution in [0.2, 0.25) is 5.02 Å². The summed E-state index contributed by atoms with van der Waals surface area (Å²) in [5.74, 6) is -0.566. The van der Waals surface area contributed by atoms with Crippen LogP contribution in [0.4, 0.5) is 0 Å². The molecule has 0 saturated carbocycles. The molecule has 3 rings (SSSR count). The molecular weight excluding hydrogens is 354 g/mol. The van der Waals surface area contributed by atoms with Crippen LogP contribution in [0, 0.1) is 11.3 Å². The zero-order chi connectivity index (χ0) is 18.7. The molecule has 2 aromatic rings. The summed E-state index contributed by atoms with van der Waals surface area (Å²) < 4.78 is 0. The fourth-order valence-electron chi connectivity index (χ4n) is 2.86. The summed E-state index contributed by atoms with van der Waals surface area (Å²) in [4.78, 5) is 28.4. The second-order valence-electron chi connectivity index (χ2n) is 5.94. The third-order valence-corrected chi connectivity index (χ3v) is 4.53. The highest BCUT2D eigenvalue weighted by Crippen LogP contribution is 2.20. The molecular formula is C19H16ClN3O3. The lowest BCUT2D eigenvalue weighted by Gasteiger charge is -2.35. The van der Waals surface area contributed by atoms with Crippen molar-refractivity contribution in [2.45, 2.75) is 0 Å². The Hall–Kier alpha value is -3.04. The smallest absolute Gasteiger partial charge is 0.254 e. The number of carbonyl (C=O) groups excluding carboxylic acids is 2. The van der Waals surface area contributed by atoms with E-state index < -0.39 is 0 Å². The molecule has 1 heterocycles. The van der Waals surface area contributed by atoms with Gasteiger partial charge in [0.2, 0.25) is 0 Å². The average molecular weight is 370 g/mol. The van der Waals surface area contributed by atoms with Crippen molar-refractivity contribution in [3.63, 3.8) is 0 Å². The third-order valence-electron chi connectivity index (χ3n) is 4.29. The van der Waals surface area contributed by atoms with Crippen molar-refractivity contribution in [2.24, 2.45) is 0 Å². The number of nitriles is 1. The Morgan fingerprint density at radius 3 is 2.04 bits per heavy atom. The first-order valence-electron chi connectivity index (χ1n) is 8.07. The van der Waals surface area contributed by atoms with Crippen molar-refractivity contribution >= 4 is 23.4 Å². The van der Waals surface area contributed by atoms with Crippen molar-refractivity contribution in [2.75, 3.05) is 26.2 Å². The molecule has 2 aromatic carbocycles. The largest absolute Gasteiger partial charge is 0.507 e. The second-order valence-corrected chi connectivity index (χ2v) is 6.37. The summed E-state index contributed by atoms with van der Waals surface area (Å²) >= 11 is 5.93. The van der Waals surface area contributed by atoms with Gasteiger partial charge < -0.3 is 14.9 Å². The number of phenols is 1. The van der Waals surface area contributed by atoms with Crippen molar-refractivity contribution in [3.8, 4) is 11.8 Å². The molecule has 1 fully saturated rings. The van der Waals surface area contributed by atoms with Crippen molar-refractivity contribution < 1.29 is 14.7 Å². The molecule has 7 heteroatoms. The van der Waals surface area contributed by atoms with E-state index in [0.29, 0.717) is 42.3 Å². The number of rotatable bonds is 2. The van der Waals surface area contributed by atoms with Crippen LogP contribution in [-0.2, 0) is 0 Å². The molecule has 1 saturated heterocycles. The van der Waals surface area contributed by atoms with Gasteiger partial charge >= 0.3 is 0 Å². The number of nitrogens with zero attached hydrogens (tertiary/aromatic N) is 3. The van der Waals surface area contributed by atoms with E-state index in [1.165, 1.54) is 18.2 Å². The number of carbonyl (C=O) groups is 2. The first-order valence-corrected chi connectivity index (χ1v) is 8.44. The third kappa shape index (κ3) is 3.63. The number of hydrogen-bond acceptors (Lipinski definition) is 4. The standard InChI is InChI=1S/C19H16ClN3O3/c20-16-3-1-2-13(10-16)18(25)22-6-8-23(9-7-22)19(26)14-4-5-15(12-21)17(24)11-14/h1-5,10-11,24H,6-9H2. The SMILES string of the molecule is N#Cc1ccc(C(=O)N2CCN(C(=O)c3cccc(Cl)c3)CC2)cc1O. The predicted octanol–water partition coefficient (Wildman–Crippen LogP) is 2.52. The van der Waals surface area contributed by atoms with Crippen molar-refractivity contribution in [3.05, 3.63) is 64.2 Å². The molecule has 6 nitrogen and oxygen atoms in total. The van der Waals surface area contributed by atoms with Gasteiger partial charge in [0, 0.05) is 42.3 Å². The maximum atomic E-state index is 12.6. The molecule has 0 aliphatic carbocycles. The lowest BCUT2D eigenvalue weighted by Crippen LogP contribution is -2.50. The van der Waals surface area contributed by atoms with Crippen LogP contribution in [-0.4, -0.2) is 52.9 Å². The summed E-state index contributed by atoms with van der Waals surface area (Å²) in [5, 5.41) is 19.1. The molecule has 0 aromatic heterocycles. The summed E-state index contributed by atoms with van der Waals surface area (Å²) in [5.41, 5.74) is 0.962. The van der Waals surface area contributed by atoms with Gasteiger partial charge in [0.15, 0.2) is 0 Å². The molecule has 132 valence electrons. The normalized spacial score (nSPS) is 14.0.